The van der Waals surface area contributed by atoms with E-state index in [0.717, 1.165) is 50.1 Å². The van der Waals surface area contributed by atoms with Crippen LogP contribution >= 0.6 is 0 Å². The first-order valence-electron chi connectivity index (χ1n) is 9.86. The second-order valence-corrected chi connectivity index (χ2v) is 8.14. The fourth-order valence-corrected chi connectivity index (χ4v) is 4.74. The minimum Gasteiger partial charge on any atom is -0.490 e. The highest BCUT2D eigenvalue weighted by molar-refractivity contribution is 5.71. The van der Waals surface area contributed by atoms with Crippen molar-refractivity contribution in [2.45, 2.75) is 57.5 Å². The number of rotatable bonds is 5. The van der Waals surface area contributed by atoms with Gasteiger partial charge in [0.1, 0.15) is 11.9 Å². The van der Waals surface area contributed by atoms with Crippen LogP contribution in [-0.2, 0) is 11.2 Å². The SMILES string of the molecule is C[C@H](C(=O)O)[C@H](c1ccc2c(c1)OC(C1CCNCC1)CC2)C1CC1. The van der Waals surface area contributed by atoms with E-state index in [9.17, 15) is 9.90 Å². The molecule has 136 valence electrons. The second-order valence-electron chi connectivity index (χ2n) is 8.14. The fourth-order valence-electron chi connectivity index (χ4n) is 4.74. The number of aryl methyl sites for hydroxylation is 1. The van der Waals surface area contributed by atoms with Crippen molar-refractivity contribution in [2.75, 3.05) is 13.1 Å². The molecule has 0 spiro atoms. The molecule has 1 aromatic rings. The van der Waals surface area contributed by atoms with E-state index >= 15 is 0 Å². The van der Waals surface area contributed by atoms with Crippen molar-refractivity contribution in [1.29, 1.82) is 0 Å². The molecule has 3 atom stereocenters. The predicted molar refractivity (Wildman–Crippen MR) is 97.0 cm³/mol. The predicted octanol–water partition coefficient (Wildman–Crippen LogP) is 3.59. The number of aliphatic carboxylic acids is 1. The first-order chi connectivity index (χ1) is 12.1. The number of piperidine rings is 1. The van der Waals surface area contributed by atoms with E-state index < -0.39 is 5.97 Å². The fraction of sp³-hybridized carbons (Fsp3) is 0.667. The Morgan fingerprint density at radius 3 is 2.64 bits per heavy atom. The number of benzene rings is 1. The van der Waals surface area contributed by atoms with Crippen LogP contribution in [0.4, 0.5) is 0 Å². The van der Waals surface area contributed by atoms with Crippen LogP contribution in [0.2, 0.25) is 0 Å². The zero-order valence-electron chi connectivity index (χ0n) is 15.0. The van der Waals surface area contributed by atoms with Gasteiger partial charge in [-0.1, -0.05) is 19.1 Å². The molecular weight excluding hydrogens is 314 g/mol. The standard InChI is InChI=1S/C21H29NO3/c1-13(21(23)24)20(16-3-4-16)17-5-2-14-6-7-18(25-19(14)12-17)15-8-10-22-11-9-15/h2,5,12-13,15-16,18,20,22H,3-4,6-11H2,1H3,(H,23,24)/t13-,18?,20-/m0/s1. The summed E-state index contributed by atoms with van der Waals surface area (Å²) in [5.41, 5.74) is 2.44. The van der Waals surface area contributed by atoms with Gasteiger partial charge in [-0.3, -0.25) is 4.79 Å². The molecule has 1 aliphatic carbocycles. The Balaban J connectivity index is 1.55. The van der Waals surface area contributed by atoms with E-state index in [4.69, 9.17) is 4.74 Å². The molecule has 4 heteroatoms. The average molecular weight is 343 g/mol. The molecule has 1 aromatic carbocycles. The first-order valence-corrected chi connectivity index (χ1v) is 9.86. The zero-order chi connectivity index (χ0) is 17.4. The molecular formula is C21H29NO3. The Bertz CT molecular complexity index is 634. The average Bonchev–Trinajstić information content (AvgIpc) is 3.47. The number of carboxylic acids is 1. The molecule has 0 bridgehead atoms. The molecule has 25 heavy (non-hydrogen) atoms. The Kier molecular flexibility index (Phi) is 4.72. The lowest BCUT2D eigenvalue weighted by atomic mass is 9.82. The normalized spacial score (nSPS) is 26.4. The summed E-state index contributed by atoms with van der Waals surface area (Å²) in [6.07, 6.45) is 7.19. The maximum absolute atomic E-state index is 11.6. The van der Waals surface area contributed by atoms with Crippen LogP contribution in [0.1, 0.15) is 56.1 Å². The van der Waals surface area contributed by atoms with Gasteiger partial charge in [0.05, 0.1) is 5.92 Å². The summed E-state index contributed by atoms with van der Waals surface area (Å²) >= 11 is 0. The lowest BCUT2D eigenvalue weighted by Crippen LogP contribution is -2.38. The van der Waals surface area contributed by atoms with E-state index in [0.29, 0.717) is 17.9 Å². The van der Waals surface area contributed by atoms with Crippen LogP contribution in [0.15, 0.2) is 18.2 Å². The molecule has 0 radical (unpaired) electrons. The summed E-state index contributed by atoms with van der Waals surface area (Å²) < 4.78 is 6.43. The van der Waals surface area contributed by atoms with Gasteiger partial charge in [0, 0.05) is 0 Å². The van der Waals surface area contributed by atoms with Crippen molar-refractivity contribution in [3.63, 3.8) is 0 Å². The molecule has 4 nitrogen and oxygen atoms in total. The monoisotopic (exact) mass is 343 g/mol. The number of carboxylic acid groups (broad SMARTS) is 1. The van der Waals surface area contributed by atoms with Gasteiger partial charge < -0.3 is 15.2 Å². The number of hydrogen-bond donors (Lipinski definition) is 2. The van der Waals surface area contributed by atoms with Crippen molar-refractivity contribution < 1.29 is 14.6 Å². The molecule has 1 unspecified atom stereocenters. The van der Waals surface area contributed by atoms with Crippen molar-refractivity contribution in [3.8, 4) is 5.75 Å². The molecule has 2 N–H and O–H groups in total. The maximum Gasteiger partial charge on any atom is 0.306 e. The third-order valence-electron chi connectivity index (χ3n) is 6.42. The summed E-state index contributed by atoms with van der Waals surface area (Å²) in [4.78, 5) is 11.6. The lowest BCUT2D eigenvalue weighted by Gasteiger charge is -2.35. The van der Waals surface area contributed by atoms with Gasteiger partial charge >= 0.3 is 5.97 Å². The molecule has 1 saturated carbocycles. The van der Waals surface area contributed by atoms with E-state index in [-0.39, 0.29) is 11.8 Å². The Morgan fingerprint density at radius 2 is 1.96 bits per heavy atom. The number of nitrogens with one attached hydrogen (secondary N) is 1. The third-order valence-corrected chi connectivity index (χ3v) is 6.42. The number of ether oxygens (including phenoxy) is 1. The highest BCUT2D eigenvalue weighted by Crippen LogP contribution is 2.48. The van der Waals surface area contributed by atoms with Crippen LogP contribution in [0.3, 0.4) is 0 Å². The topological polar surface area (TPSA) is 58.6 Å². The van der Waals surface area contributed by atoms with Gasteiger partial charge in [-0.05, 0) is 86.6 Å². The highest BCUT2D eigenvalue weighted by atomic mass is 16.5. The van der Waals surface area contributed by atoms with Gasteiger partial charge in [0.25, 0.3) is 0 Å². The van der Waals surface area contributed by atoms with Crippen LogP contribution in [0, 0.1) is 17.8 Å². The van der Waals surface area contributed by atoms with E-state index in [1.54, 1.807) is 0 Å². The van der Waals surface area contributed by atoms with Gasteiger partial charge in [-0.2, -0.15) is 0 Å². The molecule has 3 aliphatic rings. The van der Waals surface area contributed by atoms with Crippen molar-refractivity contribution >= 4 is 5.97 Å². The van der Waals surface area contributed by atoms with Crippen molar-refractivity contribution in [1.82, 2.24) is 5.32 Å². The Hall–Kier alpha value is -1.55. The van der Waals surface area contributed by atoms with E-state index in [1.165, 1.54) is 18.4 Å². The zero-order valence-corrected chi connectivity index (χ0v) is 15.0. The number of fused-ring (bicyclic) bond motifs is 1. The highest BCUT2D eigenvalue weighted by Gasteiger charge is 2.39. The maximum atomic E-state index is 11.6. The third kappa shape index (κ3) is 3.55. The minimum atomic E-state index is -0.692. The summed E-state index contributed by atoms with van der Waals surface area (Å²) in [6, 6.07) is 6.48. The Morgan fingerprint density at radius 1 is 1.20 bits per heavy atom. The van der Waals surface area contributed by atoms with Gasteiger partial charge in [-0.25, -0.2) is 0 Å². The lowest BCUT2D eigenvalue weighted by molar-refractivity contribution is -0.142. The molecule has 2 fully saturated rings. The summed E-state index contributed by atoms with van der Waals surface area (Å²) in [6.45, 7) is 4.04. The number of carbonyl (C=O) groups is 1. The summed E-state index contributed by atoms with van der Waals surface area (Å²) in [7, 11) is 0. The molecule has 4 rings (SSSR count). The number of hydrogen-bond acceptors (Lipinski definition) is 3. The Labute approximate surface area is 150 Å². The van der Waals surface area contributed by atoms with E-state index in [2.05, 4.69) is 23.5 Å². The van der Waals surface area contributed by atoms with Crippen LogP contribution < -0.4 is 10.1 Å². The largest absolute Gasteiger partial charge is 0.490 e. The van der Waals surface area contributed by atoms with Gasteiger partial charge in [-0.15, -0.1) is 0 Å². The van der Waals surface area contributed by atoms with Gasteiger partial charge in [0.15, 0.2) is 0 Å². The first kappa shape index (κ1) is 16.9. The molecule has 2 aliphatic heterocycles. The molecule has 0 amide bonds. The quantitative estimate of drug-likeness (QED) is 0.858. The van der Waals surface area contributed by atoms with Crippen molar-refractivity contribution in [3.05, 3.63) is 29.3 Å². The summed E-state index contributed by atoms with van der Waals surface area (Å²) in [5.74, 6) is 1.27. The molecule has 0 aromatic heterocycles. The van der Waals surface area contributed by atoms with Crippen LogP contribution in [0.5, 0.6) is 5.75 Å². The van der Waals surface area contributed by atoms with Crippen LogP contribution in [-0.4, -0.2) is 30.3 Å². The van der Waals surface area contributed by atoms with E-state index in [1.807, 2.05) is 6.92 Å². The second kappa shape index (κ2) is 6.99. The minimum absolute atomic E-state index is 0.116. The van der Waals surface area contributed by atoms with Gasteiger partial charge in [0.2, 0.25) is 0 Å². The van der Waals surface area contributed by atoms with Crippen molar-refractivity contribution in [2.24, 2.45) is 17.8 Å². The summed E-state index contributed by atoms with van der Waals surface area (Å²) in [5, 5.41) is 12.9. The smallest absolute Gasteiger partial charge is 0.306 e. The van der Waals surface area contributed by atoms with Crippen LogP contribution in [0.25, 0.3) is 0 Å². The molecule has 1 saturated heterocycles. The molecule has 2 heterocycles.